The number of halogens is 5. The van der Waals surface area contributed by atoms with Gasteiger partial charge in [0.2, 0.25) is 0 Å². The number of benzene rings is 1. The molecular formula is C12H5BrClF3O2. The molecule has 0 saturated carbocycles. The SMILES string of the molecule is O=Cc1ccc(-c2cc(C(F)(F)F)c(Br)cc2Cl)o1. The van der Waals surface area contributed by atoms with Crippen molar-refractivity contribution in [3.8, 4) is 11.3 Å². The molecule has 0 bridgehead atoms. The number of aldehydes is 1. The molecule has 0 amide bonds. The Morgan fingerprint density at radius 2 is 1.95 bits per heavy atom. The minimum atomic E-state index is -4.52. The van der Waals surface area contributed by atoms with Gasteiger partial charge in [-0.15, -0.1) is 0 Å². The molecule has 0 unspecified atom stereocenters. The molecule has 1 aromatic heterocycles. The molecule has 0 saturated heterocycles. The second kappa shape index (κ2) is 5.02. The highest BCUT2D eigenvalue weighted by molar-refractivity contribution is 9.10. The van der Waals surface area contributed by atoms with Crippen LogP contribution in [0.15, 0.2) is 33.2 Å². The van der Waals surface area contributed by atoms with Crippen LogP contribution in [0.3, 0.4) is 0 Å². The van der Waals surface area contributed by atoms with Crippen LogP contribution in [0.4, 0.5) is 13.2 Å². The maximum Gasteiger partial charge on any atom is 0.417 e. The van der Waals surface area contributed by atoms with Gasteiger partial charge in [-0.3, -0.25) is 4.79 Å². The van der Waals surface area contributed by atoms with E-state index in [1.807, 2.05) is 0 Å². The van der Waals surface area contributed by atoms with E-state index in [0.29, 0.717) is 6.29 Å². The fraction of sp³-hybridized carbons (Fsp3) is 0.0833. The average molecular weight is 354 g/mol. The molecule has 0 radical (unpaired) electrons. The van der Waals surface area contributed by atoms with Gasteiger partial charge in [0.1, 0.15) is 5.76 Å². The quantitative estimate of drug-likeness (QED) is 0.695. The minimum absolute atomic E-state index is 0.0162. The van der Waals surface area contributed by atoms with Crippen molar-refractivity contribution in [3.05, 3.63) is 45.1 Å². The molecule has 2 aromatic rings. The number of hydrogen-bond acceptors (Lipinski definition) is 2. The fourth-order valence-electron chi connectivity index (χ4n) is 1.52. The van der Waals surface area contributed by atoms with E-state index in [0.717, 1.165) is 12.1 Å². The predicted molar refractivity (Wildman–Crippen MR) is 67.2 cm³/mol. The molecule has 0 aliphatic heterocycles. The highest BCUT2D eigenvalue weighted by Crippen LogP contribution is 2.40. The topological polar surface area (TPSA) is 30.2 Å². The molecule has 19 heavy (non-hydrogen) atoms. The Kier molecular flexibility index (Phi) is 3.73. The van der Waals surface area contributed by atoms with Crippen molar-refractivity contribution in [2.24, 2.45) is 0 Å². The summed E-state index contributed by atoms with van der Waals surface area (Å²) in [5, 5.41) is 0.0895. The van der Waals surface area contributed by atoms with E-state index in [1.54, 1.807) is 0 Å². The van der Waals surface area contributed by atoms with Gasteiger partial charge in [0, 0.05) is 10.0 Å². The first-order chi connectivity index (χ1) is 8.82. The Morgan fingerprint density at radius 1 is 1.26 bits per heavy atom. The predicted octanol–water partition coefficient (Wildman–Crippen LogP) is 5.19. The summed E-state index contributed by atoms with van der Waals surface area (Å²) in [6.45, 7) is 0. The standard InChI is InChI=1S/C12H5BrClF3O2/c13-9-4-10(14)7(3-8(9)12(15,16)17)11-2-1-6(5-18)19-11/h1-5H. The Balaban J connectivity index is 2.60. The van der Waals surface area contributed by atoms with Gasteiger partial charge in [-0.1, -0.05) is 27.5 Å². The summed E-state index contributed by atoms with van der Waals surface area (Å²) in [7, 11) is 0. The zero-order chi connectivity index (χ0) is 14.2. The number of furan rings is 1. The summed E-state index contributed by atoms with van der Waals surface area (Å²) in [5.41, 5.74) is -0.791. The molecule has 0 atom stereocenters. The van der Waals surface area contributed by atoms with Crippen molar-refractivity contribution < 1.29 is 22.4 Å². The lowest BCUT2D eigenvalue weighted by atomic mass is 10.1. The Labute approximate surface area is 119 Å². The lowest BCUT2D eigenvalue weighted by Crippen LogP contribution is -2.06. The third-order valence-corrected chi connectivity index (χ3v) is 3.34. The normalized spacial score (nSPS) is 11.6. The zero-order valence-corrected chi connectivity index (χ0v) is 11.4. The second-order valence-corrected chi connectivity index (χ2v) is 4.89. The van der Waals surface area contributed by atoms with Gasteiger partial charge in [-0.25, -0.2) is 0 Å². The van der Waals surface area contributed by atoms with Crippen LogP contribution >= 0.6 is 27.5 Å². The molecule has 100 valence electrons. The van der Waals surface area contributed by atoms with Crippen LogP contribution < -0.4 is 0 Å². The van der Waals surface area contributed by atoms with E-state index in [9.17, 15) is 18.0 Å². The molecular weight excluding hydrogens is 348 g/mol. The average Bonchev–Trinajstić information content (AvgIpc) is 2.75. The Morgan fingerprint density at radius 3 is 2.47 bits per heavy atom. The first kappa shape index (κ1) is 14.1. The number of carbonyl (C=O) groups excluding carboxylic acids is 1. The highest BCUT2D eigenvalue weighted by Gasteiger charge is 2.34. The molecule has 0 spiro atoms. The van der Waals surface area contributed by atoms with Crippen LogP contribution in [0.1, 0.15) is 16.1 Å². The summed E-state index contributed by atoms with van der Waals surface area (Å²) < 4.78 is 43.3. The summed E-state index contributed by atoms with van der Waals surface area (Å²) in [6.07, 6.45) is -4.06. The van der Waals surface area contributed by atoms with E-state index in [-0.39, 0.29) is 26.6 Å². The maximum absolute atomic E-state index is 12.8. The van der Waals surface area contributed by atoms with E-state index in [1.165, 1.54) is 12.1 Å². The monoisotopic (exact) mass is 352 g/mol. The number of rotatable bonds is 2. The molecule has 1 aromatic carbocycles. The van der Waals surface area contributed by atoms with Gasteiger partial charge in [0.15, 0.2) is 12.0 Å². The maximum atomic E-state index is 12.8. The summed E-state index contributed by atoms with van der Waals surface area (Å²) in [5.74, 6) is 0.118. The lowest BCUT2D eigenvalue weighted by molar-refractivity contribution is -0.138. The van der Waals surface area contributed by atoms with Gasteiger partial charge < -0.3 is 4.42 Å². The third-order valence-electron chi connectivity index (χ3n) is 2.37. The minimum Gasteiger partial charge on any atom is -0.453 e. The second-order valence-electron chi connectivity index (χ2n) is 3.63. The van der Waals surface area contributed by atoms with Crippen LogP contribution in [0.2, 0.25) is 5.02 Å². The molecule has 0 aliphatic carbocycles. The highest BCUT2D eigenvalue weighted by atomic mass is 79.9. The van der Waals surface area contributed by atoms with Gasteiger partial charge >= 0.3 is 6.18 Å². The van der Waals surface area contributed by atoms with Crippen LogP contribution in [0, 0.1) is 0 Å². The van der Waals surface area contributed by atoms with Crippen LogP contribution in [0.5, 0.6) is 0 Å². The Bertz CT molecular complexity index is 634. The Hall–Kier alpha value is -1.27. The van der Waals surface area contributed by atoms with Crippen molar-refractivity contribution in [2.75, 3.05) is 0 Å². The zero-order valence-electron chi connectivity index (χ0n) is 9.09. The number of alkyl halides is 3. The summed E-state index contributed by atoms with van der Waals surface area (Å²) in [4.78, 5) is 10.5. The lowest BCUT2D eigenvalue weighted by Gasteiger charge is -2.11. The summed E-state index contributed by atoms with van der Waals surface area (Å²) in [6, 6.07) is 4.76. The third kappa shape index (κ3) is 2.84. The van der Waals surface area contributed by atoms with Gasteiger partial charge in [0.05, 0.1) is 10.6 Å². The first-order valence-corrected chi connectivity index (χ1v) is 6.11. The number of carbonyl (C=O) groups is 1. The van der Waals surface area contributed by atoms with Crippen molar-refractivity contribution in [2.45, 2.75) is 6.18 Å². The molecule has 7 heteroatoms. The van der Waals surface area contributed by atoms with Crippen molar-refractivity contribution in [1.82, 2.24) is 0 Å². The molecule has 0 N–H and O–H groups in total. The van der Waals surface area contributed by atoms with Crippen molar-refractivity contribution in [1.29, 1.82) is 0 Å². The van der Waals surface area contributed by atoms with E-state index < -0.39 is 11.7 Å². The van der Waals surface area contributed by atoms with Crippen LogP contribution in [-0.4, -0.2) is 6.29 Å². The molecule has 1 heterocycles. The van der Waals surface area contributed by atoms with Crippen LogP contribution in [0.25, 0.3) is 11.3 Å². The molecule has 2 rings (SSSR count). The van der Waals surface area contributed by atoms with Gasteiger partial charge in [-0.05, 0) is 24.3 Å². The first-order valence-electron chi connectivity index (χ1n) is 4.94. The molecule has 2 nitrogen and oxygen atoms in total. The smallest absolute Gasteiger partial charge is 0.417 e. The van der Waals surface area contributed by atoms with Crippen molar-refractivity contribution >= 4 is 33.8 Å². The largest absolute Gasteiger partial charge is 0.453 e. The fourth-order valence-corrected chi connectivity index (χ4v) is 2.47. The van der Waals surface area contributed by atoms with E-state index >= 15 is 0 Å². The van der Waals surface area contributed by atoms with Crippen molar-refractivity contribution in [3.63, 3.8) is 0 Å². The molecule has 0 aliphatic rings. The van der Waals surface area contributed by atoms with Gasteiger partial charge in [-0.2, -0.15) is 13.2 Å². The van der Waals surface area contributed by atoms with E-state index in [2.05, 4.69) is 15.9 Å². The molecule has 0 fully saturated rings. The van der Waals surface area contributed by atoms with E-state index in [4.69, 9.17) is 16.0 Å². The number of hydrogen-bond donors (Lipinski definition) is 0. The van der Waals surface area contributed by atoms with Gasteiger partial charge in [0.25, 0.3) is 0 Å². The van der Waals surface area contributed by atoms with Crippen LogP contribution in [-0.2, 0) is 6.18 Å². The summed E-state index contributed by atoms with van der Waals surface area (Å²) >= 11 is 8.71.